The van der Waals surface area contributed by atoms with Crippen LogP contribution in [0.25, 0.3) is 0 Å². The van der Waals surface area contributed by atoms with Crippen molar-refractivity contribution in [1.29, 1.82) is 0 Å². The van der Waals surface area contributed by atoms with Crippen LogP contribution in [0.5, 0.6) is 0 Å². The molecule has 134 valence electrons. The molecule has 0 aliphatic heterocycles. The van der Waals surface area contributed by atoms with Crippen LogP contribution in [-0.2, 0) is 17.5 Å². The van der Waals surface area contributed by atoms with Crippen LogP contribution in [0.4, 0.5) is 18.0 Å². The summed E-state index contributed by atoms with van der Waals surface area (Å²) in [6.45, 7) is -0.0171. The van der Waals surface area contributed by atoms with E-state index in [-0.39, 0.29) is 24.3 Å². The van der Waals surface area contributed by atoms with Crippen molar-refractivity contribution in [2.24, 2.45) is 0 Å². The lowest BCUT2D eigenvalue weighted by Crippen LogP contribution is -2.24. The first-order chi connectivity index (χ1) is 12.4. The average Bonchev–Trinajstić information content (AvgIpc) is 2.63. The number of carbonyl (C=O) groups excluding carboxylic acids is 2. The molecule has 0 unspecified atom stereocenters. The number of rotatable bonds is 4. The average molecular weight is 361 g/mol. The van der Waals surface area contributed by atoms with Gasteiger partial charge in [0.05, 0.1) is 12.1 Å². The smallest absolute Gasteiger partial charge is 0.416 e. The van der Waals surface area contributed by atoms with Gasteiger partial charge < -0.3 is 10.1 Å². The Morgan fingerprint density at radius 3 is 2.54 bits per heavy atom. The third-order valence-electron chi connectivity index (χ3n) is 3.19. The van der Waals surface area contributed by atoms with Crippen LogP contribution >= 0.6 is 0 Å². The number of nitrogens with one attached hydrogen (secondary N) is 1. The van der Waals surface area contributed by atoms with Gasteiger partial charge in [0, 0.05) is 11.1 Å². The van der Waals surface area contributed by atoms with Gasteiger partial charge in [0.2, 0.25) is 0 Å². The summed E-state index contributed by atoms with van der Waals surface area (Å²) in [6.07, 6.45) is -4.95. The summed E-state index contributed by atoms with van der Waals surface area (Å²) in [5.74, 6) is 5.00. The van der Waals surface area contributed by atoms with E-state index in [1.54, 1.807) is 12.1 Å². The van der Waals surface area contributed by atoms with Gasteiger partial charge in [0.25, 0.3) is 0 Å². The third-order valence-corrected chi connectivity index (χ3v) is 3.19. The van der Waals surface area contributed by atoms with E-state index in [4.69, 9.17) is 4.74 Å². The minimum Gasteiger partial charge on any atom is -0.445 e. The SMILES string of the molecule is O=Cc1cc(C#CCNC(=O)OCc2ccccc2)cc(C(F)(F)F)c1. The van der Waals surface area contributed by atoms with Gasteiger partial charge in [0.1, 0.15) is 12.9 Å². The molecule has 0 bridgehead atoms. The van der Waals surface area contributed by atoms with Gasteiger partial charge in [-0.3, -0.25) is 4.79 Å². The number of ether oxygens (including phenoxy) is 1. The number of hydrogen-bond acceptors (Lipinski definition) is 3. The molecule has 1 N–H and O–H groups in total. The summed E-state index contributed by atoms with van der Waals surface area (Å²) in [5, 5.41) is 2.37. The number of benzene rings is 2. The van der Waals surface area contributed by atoms with Crippen LogP contribution in [-0.4, -0.2) is 18.9 Å². The lowest BCUT2D eigenvalue weighted by atomic mass is 10.1. The van der Waals surface area contributed by atoms with Crippen molar-refractivity contribution in [3.8, 4) is 11.8 Å². The highest BCUT2D eigenvalue weighted by Gasteiger charge is 2.31. The maximum absolute atomic E-state index is 12.8. The molecule has 2 aromatic carbocycles. The topological polar surface area (TPSA) is 55.4 Å². The number of halogens is 3. The fourth-order valence-corrected chi connectivity index (χ4v) is 1.99. The molecule has 0 saturated heterocycles. The molecule has 4 nitrogen and oxygen atoms in total. The zero-order valence-electron chi connectivity index (χ0n) is 13.5. The molecule has 2 rings (SSSR count). The van der Waals surface area contributed by atoms with E-state index >= 15 is 0 Å². The Morgan fingerprint density at radius 1 is 1.15 bits per heavy atom. The molecule has 0 spiro atoms. The Kier molecular flexibility index (Phi) is 6.39. The molecule has 0 radical (unpaired) electrons. The third kappa shape index (κ3) is 5.98. The number of alkyl carbamates (subject to hydrolysis) is 1. The molecule has 1 amide bonds. The van der Waals surface area contributed by atoms with E-state index < -0.39 is 17.8 Å². The van der Waals surface area contributed by atoms with E-state index in [9.17, 15) is 22.8 Å². The van der Waals surface area contributed by atoms with Crippen LogP contribution in [0.1, 0.15) is 27.0 Å². The van der Waals surface area contributed by atoms with Crippen molar-refractivity contribution < 1.29 is 27.5 Å². The largest absolute Gasteiger partial charge is 0.445 e. The number of carbonyl (C=O) groups is 2. The Bertz CT molecular complexity index is 837. The standard InChI is InChI=1S/C19H14F3NO3/c20-19(21,22)17-10-15(9-16(11-17)12-24)7-4-8-23-18(25)26-13-14-5-2-1-3-6-14/h1-3,5-6,9-12H,8,13H2,(H,23,25). The second-order valence-electron chi connectivity index (χ2n) is 5.18. The highest BCUT2D eigenvalue weighted by Crippen LogP contribution is 2.30. The maximum Gasteiger partial charge on any atom is 0.416 e. The molecule has 0 aliphatic carbocycles. The minimum absolute atomic E-state index is 0.0291. The normalized spacial score (nSPS) is 10.4. The number of aldehydes is 1. The molecule has 0 fully saturated rings. The van der Waals surface area contributed by atoms with Gasteiger partial charge in [-0.1, -0.05) is 42.2 Å². The molecule has 2 aromatic rings. The van der Waals surface area contributed by atoms with Crippen molar-refractivity contribution in [2.75, 3.05) is 6.54 Å². The van der Waals surface area contributed by atoms with E-state index in [1.165, 1.54) is 6.07 Å². The van der Waals surface area contributed by atoms with E-state index in [0.717, 1.165) is 17.7 Å². The Balaban J connectivity index is 1.91. The molecule has 0 aromatic heterocycles. The van der Waals surface area contributed by atoms with Crippen molar-refractivity contribution in [2.45, 2.75) is 12.8 Å². The van der Waals surface area contributed by atoms with Gasteiger partial charge in [-0.05, 0) is 23.8 Å². The predicted molar refractivity (Wildman–Crippen MR) is 88.3 cm³/mol. The van der Waals surface area contributed by atoms with Crippen LogP contribution < -0.4 is 5.32 Å². The Hall–Kier alpha value is -3.27. The van der Waals surface area contributed by atoms with Crippen molar-refractivity contribution in [3.63, 3.8) is 0 Å². The summed E-state index contributed by atoms with van der Waals surface area (Å²) >= 11 is 0. The molecular weight excluding hydrogens is 347 g/mol. The zero-order chi connectivity index (χ0) is 19.0. The summed E-state index contributed by atoms with van der Waals surface area (Å²) in [4.78, 5) is 22.3. The van der Waals surface area contributed by atoms with Crippen molar-refractivity contribution in [1.82, 2.24) is 5.32 Å². The lowest BCUT2D eigenvalue weighted by Gasteiger charge is -2.07. The molecule has 7 heteroatoms. The lowest BCUT2D eigenvalue weighted by molar-refractivity contribution is -0.137. The molecule has 0 aliphatic rings. The van der Waals surface area contributed by atoms with Gasteiger partial charge in [0.15, 0.2) is 0 Å². The van der Waals surface area contributed by atoms with Crippen molar-refractivity contribution in [3.05, 3.63) is 70.8 Å². The zero-order valence-corrected chi connectivity index (χ0v) is 13.5. The second kappa shape index (κ2) is 8.72. The Morgan fingerprint density at radius 2 is 1.88 bits per heavy atom. The first-order valence-electron chi connectivity index (χ1n) is 7.49. The highest BCUT2D eigenvalue weighted by molar-refractivity contribution is 5.76. The van der Waals surface area contributed by atoms with E-state index in [0.29, 0.717) is 6.29 Å². The van der Waals surface area contributed by atoms with Crippen LogP contribution in [0.15, 0.2) is 48.5 Å². The fraction of sp³-hybridized carbons (Fsp3) is 0.158. The first kappa shape index (κ1) is 19.1. The summed E-state index contributed by atoms with van der Waals surface area (Å²) in [6, 6.07) is 11.9. The van der Waals surface area contributed by atoms with Gasteiger partial charge >= 0.3 is 12.3 Å². The monoisotopic (exact) mass is 361 g/mol. The fourth-order valence-electron chi connectivity index (χ4n) is 1.99. The number of alkyl halides is 3. The van der Waals surface area contributed by atoms with Crippen molar-refractivity contribution >= 4 is 12.4 Å². The van der Waals surface area contributed by atoms with Gasteiger partial charge in [-0.25, -0.2) is 4.79 Å². The quantitative estimate of drug-likeness (QED) is 0.666. The Labute approximate surface area is 148 Å². The summed E-state index contributed by atoms with van der Waals surface area (Å²) < 4.78 is 43.3. The first-order valence-corrected chi connectivity index (χ1v) is 7.49. The van der Waals surface area contributed by atoms with Gasteiger partial charge in [-0.15, -0.1) is 0 Å². The molecule has 0 saturated carbocycles. The predicted octanol–water partition coefficient (Wildman–Crippen LogP) is 3.80. The minimum atomic E-state index is -4.57. The molecular formula is C19H14F3NO3. The number of hydrogen-bond donors (Lipinski definition) is 1. The molecule has 0 atom stereocenters. The van der Waals surface area contributed by atoms with Crippen LogP contribution in [0.2, 0.25) is 0 Å². The second-order valence-corrected chi connectivity index (χ2v) is 5.18. The maximum atomic E-state index is 12.8. The van der Waals surface area contributed by atoms with Crippen LogP contribution in [0, 0.1) is 11.8 Å². The highest BCUT2D eigenvalue weighted by atomic mass is 19.4. The number of amides is 1. The molecule has 26 heavy (non-hydrogen) atoms. The van der Waals surface area contributed by atoms with Gasteiger partial charge in [-0.2, -0.15) is 13.2 Å². The van der Waals surface area contributed by atoms with E-state index in [1.807, 2.05) is 18.2 Å². The molecule has 0 heterocycles. The summed E-state index contributed by atoms with van der Waals surface area (Å²) in [7, 11) is 0. The van der Waals surface area contributed by atoms with Crippen LogP contribution in [0.3, 0.4) is 0 Å². The van der Waals surface area contributed by atoms with E-state index in [2.05, 4.69) is 17.2 Å². The summed E-state index contributed by atoms with van der Waals surface area (Å²) in [5.41, 5.74) is -0.235.